The van der Waals surface area contributed by atoms with Crippen molar-refractivity contribution in [3.8, 4) is 5.75 Å². The van der Waals surface area contributed by atoms with Crippen LogP contribution in [0.3, 0.4) is 0 Å². The van der Waals surface area contributed by atoms with E-state index in [1.165, 1.54) is 17.0 Å². The summed E-state index contributed by atoms with van der Waals surface area (Å²) in [6.45, 7) is 2.47. The van der Waals surface area contributed by atoms with E-state index in [0.29, 0.717) is 19.4 Å². The number of nitro benzene ring substituents is 1. The van der Waals surface area contributed by atoms with Crippen LogP contribution in [0.2, 0.25) is 0 Å². The summed E-state index contributed by atoms with van der Waals surface area (Å²) in [4.78, 5) is 47.6. The minimum absolute atomic E-state index is 0.00857. The van der Waals surface area contributed by atoms with Gasteiger partial charge in [-0.15, -0.1) is 0 Å². The van der Waals surface area contributed by atoms with Gasteiger partial charge in [0.1, 0.15) is 6.04 Å². The van der Waals surface area contributed by atoms with Crippen LogP contribution in [-0.2, 0) is 9.59 Å². The number of nitrogens with two attached hydrogens (primary N) is 1. The average molecular weight is 378 g/mol. The number of hydrogen-bond donors (Lipinski definition) is 2. The molecule has 1 saturated heterocycles. The summed E-state index contributed by atoms with van der Waals surface area (Å²) >= 11 is 0. The third kappa shape index (κ3) is 4.93. The zero-order valence-corrected chi connectivity index (χ0v) is 15.0. The van der Waals surface area contributed by atoms with Crippen molar-refractivity contribution >= 4 is 23.4 Å². The molecule has 0 bridgehead atoms. The van der Waals surface area contributed by atoms with Crippen LogP contribution in [0.1, 0.15) is 36.5 Å². The second-order valence-electron chi connectivity index (χ2n) is 6.03. The summed E-state index contributed by atoms with van der Waals surface area (Å²) in [6.07, 6.45) is 1.26. The Morgan fingerprint density at radius 3 is 2.78 bits per heavy atom. The molecular formula is C17H22N4O6. The molecule has 1 aliphatic heterocycles. The Bertz CT molecular complexity index is 751. The van der Waals surface area contributed by atoms with Gasteiger partial charge in [0.15, 0.2) is 5.75 Å². The summed E-state index contributed by atoms with van der Waals surface area (Å²) in [5.41, 5.74) is 5.07. The second kappa shape index (κ2) is 8.97. The first-order valence-electron chi connectivity index (χ1n) is 8.63. The lowest BCUT2D eigenvalue weighted by Crippen LogP contribution is -2.44. The summed E-state index contributed by atoms with van der Waals surface area (Å²) in [5, 5.41) is 13.7. The maximum absolute atomic E-state index is 12.2. The number of likely N-dealkylation sites (tertiary alicyclic amines) is 1. The van der Waals surface area contributed by atoms with E-state index >= 15 is 0 Å². The number of carbonyl (C=O) groups excluding carboxylic acids is 3. The van der Waals surface area contributed by atoms with Gasteiger partial charge in [-0.2, -0.15) is 0 Å². The van der Waals surface area contributed by atoms with Crippen LogP contribution in [-0.4, -0.2) is 53.3 Å². The molecule has 1 fully saturated rings. The molecule has 0 radical (unpaired) electrons. The first-order chi connectivity index (χ1) is 12.8. The summed E-state index contributed by atoms with van der Waals surface area (Å²) in [7, 11) is 0. The van der Waals surface area contributed by atoms with Crippen LogP contribution >= 0.6 is 0 Å². The Balaban J connectivity index is 1.94. The number of nitrogens with zero attached hydrogens (tertiary/aromatic N) is 2. The molecule has 1 aromatic rings. The maximum atomic E-state index is 12.2. The lowest BCUT2D eigenvalue weighted by atomic mass is 10.1. The Hall–Kier alpha value is -3.17. The highest BCUT2D eigenvalue weighted by molar-refractivity contribution is 5.95. The van der Waals surface area contributed by atoms with E-state index in [9.17, 15) is 24.5 Å². The SMILES string of the molecule is CCOc1ccc(C(=O)NCCC(=O)N2CCCC2C(N)=O)cc1[N+](=O)[O-]. The summed E-state index contributed by atoms with van der Waals surface area (Å²) < 4.78 is 5.17. The van der Waals surface area contributed by atoms with Gasteiger partial charge >= 0.3 is 5.69 Å². The number of nitro groups is 1. The third-order valence-corrected chi connectivity index (χ3v) is 4.24. The van der Waals surface area contributed by atoms with Crippen molar-refractivity contribution in [1.29, 1.82) is 0 Å². The van der Waals surface area contributed by atoms with Crippen LogP contribution in [0.25, 0.3) is 0 Å². The molecule has 0 spiro atoms. The zero-order chi connectivity index (χ0) is 20.0. The standard InChI is InChI=1S/C17H22N4O6/c1-2-27-14-6-5-11(10-13(14)21(25)26)17(24)19-8-7-15(22)20-9-3-4-12(20)16(18)23/h5-6,10,12H,2-4,7-9H2,1H3,(H2,18,23)(H,19,24). The second-order valence-corrected chi connectivity index (χ2v) is 6.03. The fourth-order valence-corrected chi connectivity index (χ4v) is 2.97. The largest absolute Gasteiger partial charge is 0.487 e. The Morgan fingerprint density at radius 2 is 2.15 bits per heavy atom. The van der Waals surface area contributed by atoms with Crippen LogP contribution in [0.5, 0.6) is 5.75 Å². The molecule has 1 atom stereocenters. The van der Waals surface area contributed by atoms with E-state index in [4.69, 9.17) is 10.5 Å². The van der Waals surface area contributed by atoms with Gasteiger partial charge in [0, 0.05) is 31.1 Å². The number of hydrogen-bond acceptors (Lipinski definition) is 6. The van der Waals surface area contributed by atoms with E-state index in [0.717, 1.165) is 6.07 Å². The molecule has 0 aliphatic carbocycles. The minimum atomic E-state index is -0.622. The van der Waals surface area contributed by atoms with Gasteiger partial charge < -0.3 is 20.7 Å². The number of benzene rings is 1. The van der Waals surface area contributed by atoms with Crippen molar-refractivity contribution < 1.29 is 24.0 Å². The van der Waals surface area contributed by atoms with Crippen molar-refractivity contribution in [3.63, 3.8) is 0 Å². The van der Waals surface area contributed by atoms with Crippen molar-refractivity contribution in [3.05, 3.63) is 33.9 Å². The topological polar surface area (TPSA) is 145 Å². The van der Waals surface area contributed by atoms with Gasteiger partial charge in [0.2, 0.25) is 11.8 Å². The van der Waals surface area contributed by atoms with Crippen LogP contribution in [0, 0.1) is 10.1 Å². The van der Waals surface area contributed by atoms with Crippen LogP contribution < -0.4 is 15.8 Å². The smallest absolute Gasteiger partial charge is 0.311 e. The first-order valence-corrected chi connectivity index (χ1v) is 8.63. The molecule has 1 unspecified atom stereocenters. The molecule has 146 valence electrons. The molecule has 1 aliphatic rings. The van der Waals surface area contributed by atoms with Gasteiger partial charge in [-0.25, -0.2) is 0 Å². The molecule has 1 aromatic carbocycles. The molecule has 10 nitrogen and oxygen atoms in total. The Kier molecular flexibility index (Phi) is 6.69. The molecule has 1 heterocycles. The van der Waals surface area contributed by atoms with Crippen molar-refractivity contribution in [2.24, 2.45) is 5.73 Å². The molecule has 3 N–H and O–H groups in total. The molecule has 10 heteroatoms. The van der Waals surface area contributed by atoms with E-state index in [1.54, 1.807) is 6.92 Å². The highest BCUT2D eigenvalue weighted by atomic mass is 16.6. The van der Waals surface area contributed by atoms with E-state index in [2.05, 4.69) is 5.32 Å². The van der Waals surface area contributed by atoms with Gasteiger partial charge in [-0.1, -0.05) is 0 Å². The molecule has 0 aromatic heterocycles. The van der Waals surface area contributed by atoms with Crippen molar-refractivity contribution in [1.82, 2.24) is 10.2 Å². The highest BCUT2D eigenvalue weighted by Crippen LogP contribution is 2.28. The van der Waals surface area contributed by atoms with Crippen molar-refractivity contribution in [2.45, 2.75) is 32.2 Å². The highest BCUT2D eigenvalue weighted by Gasteiger charge is 2.32. The van der Waals surface area contributed by atoms with E-state index < -0.39 is 22.8 Å². The van der Waals surface area contributed by atoms with Crippen LogP contribution in [0.4, 0.5) is 5.69 Å². The fourth-order valence-electron chi connectivity index (χ4n) is 2.97. The molecule has 27 heavy (non-hydrogen) atoms. The monoisotopic (exact) mass is 378 g/mol. The predicted octanol–water partition coefficient (Wildman–Crippen LogP) is 0.590. The number of nitrogens with one attached hydrogen (secondary N) is 1. The normalized spacial score (nSPS) is 16.0. The summed E-state index contributed by atoms with van der Waals surface area (Å²) in [5.74, 6) is -1.26. The van der Waals surface area contributed by atoms with E-state index in [1.807, 2.05) is 0 Å². The van der Waals surface area contributed by atoms with Crippen molar-refractivity contribution in [2.75, 3.05) is 19.7 Å². The zero-order valence-electron chi connectivity index (χ0n) is 15.0. The number of primary amides is 1. The Labute approximate surface area is 155 Å². The lowest BCUT2D eigenvalue weighted by molar-refractivity contribution is -0.385. The fraction of sp³-hybridized carbons (Fsp3) is 0.471. The number of amides is 3. The number of ether oxygens (including phenoxy) is 1. The lowest BCUT2D eigenvalue weighted by Gasteiger charge is -2.22. The van der Waals surface area contributed by atoms with E-state index in [-0.39, 0.29) is 42.5 Å². The Morgan fingerprint density at radius 1 is 1.41 bits per heavy atom. The number of rotatable bonds is 8. The quantitative estimate of drug-likeness (QED) is 0.500. The minimum Gasteiger partial charge on any atom is -0.487 e. The van der Waals surface area contributed by atoms with Gasteiger partial charge in [0.05, 0.1) is 11.5 Å². The first kappa shape index (κ1) is 20.1. The molecule has 2 rings (SSSR count). The molecule has 3 amide bonds. The maximum Gasteiger partial charge on any atom is 0.311 e. The average Bonchev–Trinajstić information content (AvgIpc) is 3.12. The van der Waals surface area contributed by atoms with Gasteiger partial charge in [0.25, 0.3) is 5.91 Å². The molecular weight excluding hydrogens is 356 g/mol. The predicted molar refractivity (Wildman–Crippen MR) is 95.1 cm³/mol. The van der Waals surface area contributed by atoms with Gasteiger partial charge in [-0.05, 0) is 31.9 Å². The third-order valence-electron chi connectivity index (χ3n) is 4.24. The van der Waals surface area contributed by atoms with Gasteiger partial charge in [-0.3, -0.25) is 24.5 Å². The molecule has 0 saturated carbocycles. The summed E-state index contributed by atoms with van der Waals surface area (Å²) in [6, 6.07) is 3.32. The number of carbonyl (C=O) groups is 3. The van der Waals surface area contributed by atoms with Crippen LogP contribution in [0.15, 0.2) is 18.2 Å².